The van der Waals surface area contributed by atoms with Gasteiger partial charge >= 0.3 is 0 Å². The zero-order valence-electron chi connectivity index (χ0n) is 13.5. The molecular weight excluding hydrogens is 320 g/mol. The summed E-state index contributed by atoms with van der Waals surface area (Å²) >= 11 is 0. The molecule has 7 nitrogen and oxygen atoms in total. The molecule has 0 radical (unpaired) electrons. The fraction of sp³-hybridized carbons (Fsp3) is 0.111. The maximum Gasteiger partial charge on any atom is 0.277 e. The van der Waals surface area contributed by atoms with Crippen molar-refractivity contribution in [1.29, 1.82) is 5.26 Å². The normalized spacial score (nSPS) is 10.1. The molecule has 0 saturated carbocycles. The van der Waals surface area contributed by atoms with Crippen molar-refractivity contribution in [1.82, 2.24) is 5.43 Å². The monoisotopic (exact) mass is 336 g/mol. The minimum absolute atomic E-state index is 0.143. The van der Waals surface area contributed by atoms with E-state index in [1.54, 1.807) is 48.5 Å². The number of ether oxygens (including phenoxy) is 1. The van der Waals surface area contributed by atoms with Crippen LogP contribution in [0.4, 0.5) is 5.69 Å². The molecule has 0 bridgehead atoms. The van der Waals surface area contributed by atoms with Gasteiger partial charge < -0.3 is 10.1 Å². The van der Waals surface area contributed by atoms with Crippen LogP contribution >= 0.6 is 0 Å². The summed E-state index contributed by atoms with van der Waals surface area (Å²) in [5, 5.41) is 15.2. The molecule has 0 unspecified atom stereocenters. The largest absolute Gasteiger partial charge is 0.484 e. The summed E-state index contributed by atoms with van der Waals surface area (Å²) in [5.74, 6) is -0.0573. The average molecular weight is 336 g/mol. The first kappa shape index (κ1) is 17.7. The molecule has 2 N–H and O–H groups in total. The number of rotatable bonds is 6. The van der Waals surface area contributed by atoms with Crippen molar-refractivity contribution in [3.8, 4) is 11.8 Å². The highest BCUT2D eigenvalue weighted by molar-refractivity contribution is 5.89. The Balaban J connectivity index is 1.77. The first-order valence-corrected chi connectivity index (χ1v) is 7.39. The zero-order chi connectivity index (χ0) is 18.1. The summed E-state index contributed by atoms with van der Waals surface area (Å²) in [6.45, 7) is 1.25. The summed E-state index contributed by atoms with van der Waals surface area (Å²) in [5.41, 5.74) is 4.32. The smallest absolute Gasteiger partial charge is 0.277 e. The van der Waals surface area contributed by atoms with Crippen molar-refractivity contribution in [2.75, 3.05) is 11.9 Å². The van der Waals surface area contributed by atoms with Crippen LogP contribution in [0.5, 0.6) is 5.75 Å². The van der Waals surface area contributed by atoms with Crippen LogP contribution in [-0.2, 0) is 9.59 Å². The van der Waals surface area contributed by atoms with Crippen LogP contribution in [0.1, 0.15) is 18.1 Å². The van der Waals surface area contributed by atoms with E-state index in [9.17, 15) is 9.59 Å². The lowest BCUT2D eigenvalue weighted by Crippen LogP contribution is -2.24. The van der Waals surface area contributed by atoms with E-state index in [1.807, 2.05) is 6.07 Å². The number of hydrazone groups is 1. The first-order chi connectivity index (χ1) is 12.1. The topological polar surface area (TPSA) is 104 Å². The van der Waals surface area contributed by atoms with Gasteiger partial charge in [-0.25, -0.2) is 5.43 Å². The highest BCUT2D eigenvalue weighted by Crippen LogP contribution is 2.11. The average Bonchev–Trinajstić information content (AvgIpc) is 2.61. The van der Waals surface area contributed by atoms with E-state index in [2.05, 4.69) is 15.8 Å². The van der Waals surface area contributed by atoms with Crippen LogP contribution in [-0.4, -0.2) is 24.6 Å². The fourth-order valence-corrected chi connectivity index (χ4v) is 1.84. The van der Waals surface area contributed by atoms with Crippen LogP contribution in [0.3, 0.4) is 0 Å². The van der Waals surface area contributed by atoms with Crippen LogP contribution in [0.25, 0.3) is 0 Å². The molecule has 0 saturated heterocycles. The molecule has 25 heavy (non-hydrogen) atoms. The van der Waals surface area contributed by atoms with Gasteiger partial charge in [0.05, 0.1) is 17.8 Å². The lowest BCUT2D eigenvalue weighted by Gasteiger charge is -2.04. The lowest BCUT2D eigenvalue weighted by atomic mass is 10.2. The highest BCUT2D eigenvalue weighted by atomic mass is 16.5. The number of benzene rings is 2. The van der Waals surface area contributed by atoms with Crippen molar-refractivity contribution < 1.29 is 14.3 Å². The molecule has 7 heteroatoms. The third-order valence-electron chi connectivity index (χ3n) is 2.99. The Bertz CT molecular complexity index is 806. The Morgan fingerprint density at radius 3 is 2.44 bits per heavy atom. The summed E-state index contributed by atoms with van der Waals surface area (Å²) in [4.78, 5) is 22.6. The molecule has 0 atom stereocenters. The maximum atomic E-state index is 11.7. The molecule has 0 aliphatic rings. The van der Waals surface area contributed by atoms with E-state index in [0.717, 1.165) is 5.56 Å². The van der Waals surface area contributed by atoms with Gasteiger partial charge in [0.15, 0.2) is 6.61 Å². The summed E-state index contributed by atoms with van der Waals surface area (Å²) in [6.07, 6.45) is 1.48. The van der Waals surface area contributed by atoms with Crippen molar-refractivity contribution in [2.24, 2.45) is 5.10 Å². The molecule has 2 aromatic carbocycles. The minimum atomic E-state index is -0.407. The van der Waals surface area contributed by atoms with Gasteiger partial charge in [-0.3, -0.25) is 9.59 Å². The van der Waals surface area contributed by atoms with Gasteiger partial charge in [-0.15, -0.1) is 0 Å². The van der Waals surface area contributed by atoms with Gasteiger partial charge in [-0.2, -0.15) is 10.4 Å². The summed E-state index contributed by atoms with van der Waals surface area (Å²) in [7, 11) is 0. The van der Waals surface area contributed by atoms with Crippen LogP contribution in [0.2, 0.25) is 0 Å². The van der Waals surface area contributed by atoms with Crippen molar-refractivity contribution in [3.05, 3.63) is 59.7 Å². The highest BCUT2D eigenvalue weighted by Gasteiger charge is 2.01. The van der Waals surface area contributed by atoms with Gasteiger partial charge in [0, 0.05) is 12.6 Å². The van der Waals surface area contributed by atoms with E-state index in [4.69, 9.17) is 10.00 Å². The van der Waals surface area contributed by atoms with E-state index < -0.39 is 5.91 Å². The molecule has 2 aromatic rings. The molecule has 0 fully saturated rings. The maximum absolute atomic E-state index is 11.7. The molecule has 0 aliphatic heterocycles. The second-order valence-electron chi connectivity index (χ2n) is 5.02. The SMILES string of the molecule is CC(=O)Nc1ccc(/C=N/NC(=O)COc2ccc(C#N)cc2)cc1. The Hall–Kier alpha value is -3.66. The molecule has 0 aromatic heterocycles. The van der Waals surface area contributed by atoms with E-state index in [0.29, 0.717) is 17.0 Å². The number of hydrogen-bond donors (Lipinski definition) is 2. The predicted molar refractivity (Wildman–Crippen MR) is 93.1 cm³/mol. The van der Waals surface area contributed by atoms with Crippen molar-refractivity contribution >= 4 is 23.7 Å². The lowest BCUT2D eigenvalue weighted by molar-refractivity contribution is -0.123. The Kier molecular flexibility index (Phi) is 6.25. The molecular formula is C18H16N4O3. The molecule has 0 aliphatic carbocycles. The van der Waals surface area contributed by atoms with E-state index >= 15 is 0 Å². The van der Waals surface area contributed by atoms with Gasteiger partial charge in [-0.05, 0) is 42.0 Å². The second kappa shape index (κ2) is 8.84. The van der Waals surface area contributed by atoms with Crippen LogP contribution in [0, 0.1) is 11.3 Å². The number of carbonyl (C=O) groups is 2. The van der Waals surface area contributed by atoms with E-state index in [1.165, 1.54) is 13.1 Å². The Morgan fingerprint density at radius 2 is 1.84 bits per heavy atom. The standard InChI is InChI=1S/C18H16N4O3/c1-13(23)21-16-6-2-15(3-7-16)11-20-22-18(24)12-25-17-8-4-14(10-19)5-9-17/h2-9,11H,12H2,1H3,(H,21,23)(H,22,24)/b20-11+. The number of nitrogens with one attached hydrogen (secondary N) is 2. The molecule has 0 spiro atoms. The number of carbonyl (C=O) groups excluding carboxylic acids is 2. The first-order valence-electron chi connectivity index (χ1n) is 7.39. The quantitative estimate of drug-likeness (QED) is 0.622. The molecule has 126 valence electrons. The van der Waals surface area contributed by atoms with Gasteiger partial charge in [-0.1, -0.05) is 12.1 Å². The Labute approximate surface area is 144 Å². The zero-order valence-corrected chi connectivity index (χ0v) is 13.5. The van der Waals surface area contributed by atoms with Gasteiger partial charge in [0.25, 0.3) is 5.91 Å². The van der Waals surface area contributed by atoms with Gasteiger partial charge in [0.1, 0.15) is 5.75 Å². The molecule has 0 heterocycles. The van der Waals surface area contributed by atoms with Crippen molar-refractivity contribution in [3.63, 3.8) is 0 Å². The Morgan fingerprint density at radius 1 is 1.16 bits per heavy atom. The minimum Gasteiger partial charge on any atom is -0.484 e. The van der Waals surface area contributed by atoms with Crippen molar-refractivity contribution in [2.45, 2.75) is 6.92 Å². The third-order valence-corrected chi connectivity index (χ3v) is 2.99. The second-order valence-corrected chi connectivity index (χ2v) is 5.02. The number of nitriles is 1. The number of anilines is 1. The third kappa shape index (κ3) is 6.15. The molecule has 2 amide bonds. The van der Waals surface area contributed by atoms with Gasteiger partial charge in [0.2, 0.25) is 5.91 Å². The number of amides is 2. The van der Waals surface area contributed by atoms with Crippen LogP contribution < -0.4 is 15.5 Å². The number of nitrogens with zero attached hydrogens (tertiary/aromatic N) is 2. The summed E-state index contributed by atoms with van der Waals surface area (Å²) in [6, 6.07) is 15.4. The summed E-state index contributed by atoms with van der Waals surface area (Å²) < 4.78 is 5.29. The molecule has 2 rings (SSSR count). The predicted octanol–water partition coefficient (Wildman–Crippen LogP) is 2.05. The van der Waals surface area contributed by atoms with Crippen LogP contribution in [0.15, 0.2) is 53.6 Å². The fourth-order valence-electron chi connectivity index (χ4n) is 1.84. The van der Waals surface area contributed by atoms with E-state index in [-0.39, 0.29) is 12.5 Å². The number of hydrogen-bond acceptors (Lipinski definition) is 5.